The zero-order chi connectivity index (χ0) is 18.5. The summed E-state index contributed by atoms with van der Waals surface area (Å²) in [4.78, 5) is 16.9. The van der Waals surface area contributed by atoms with Crippen LogP contribution in [0.25, 0.3) is 10.2 Å². The summed E-state index contributed by atoms with van der Waals surface area (Å²) in [6, 6.07) is 14.2. The Labute approximate surface area is 161 Å². The summed E-state index contributed by atoms with van der Waals surface area (Å²) >= 11 is 3.22. The van der Waals surface area contributed by atoms with E-state index >= 15 is 0 Å². The smallest absolute Gasteiger partial charge is 0.230 e. The average Bonchev–Trinajstić information content (AvgIpc) is 3.03. The molecule has 1 aromatic heterocycles. The molecule has 2 aromatic carbocycles. The second kappa shape index (κ2) is 8.64. The molecule has 6 heteroatoms. The van der Waals surface area contributed by atoms with Crippen molar-refractivity contribution in [1.29, 1.82) is 0 Å². The van der Waals surface area contributed by atoms with Crippen LogP contribution in [0, 0.1) is 11.7 Å². The molecular formula is C20H21FN2OS2. The molecule has 0 saturated heterocycles. The van der Waals surface area contributed by atoms with E-state index in [4.69, 9.17) is 0 Å². The van der Waals surface area contributed by atoms with E-state index in [0.717, 1.165) is 21.8 Å². The van der Waals surface area contributed by atoms with Crippen LogP contribution in [0.15, 0.2) is 48.5 Å². The molecule has 1 atom stereocenters. The highest BCUT2D eigenvalue weighted by Gasteiger charge is 2.18. The van der Waals surface area contributed by atoms with Crippen molar-refractivity contribution in [1.82, 2.24) is 10.3 Å². The second-order valence-corrected chi connectivity index (χ2v) is 8.51. The van der Waals surface area contributed by atoms with E-state index in [2.05, 4.69) is 16.4 Å². The minimum absolute atomic E-state index is 0.0147. The van der Waals surface area contributed by atoms with Gasteiger partial charge in [-0.2, -0.15) is 0 Å². The van der Waals surface area contributed by atoms with Crippen LogP contribution in [0.1, 0.15) is 30.5 Å². The van der Waals surface area contributed by atoms with Crippen molar-refractivity contribution >= 4 is 39.2 Å². The van der Waals surface area contributed by atoms with Crippen LogP contribution in [0.4, 0.5) is 4.39 Å². The number of halogens is 1. The van der Waals surface area contributed by atoms with Gasteiger partial charge in [-0.05, 0) is 35.7 Å². The third-order valence-corrected chi connectivity index (χ3v) is 6.17. The van der Waals surface area contributed by atoms with Crippen molar-refractivity contribution in [3.05, 3.63) is 64.9 Å². The van der Waals surface area contributed by atoms with Crippen LogP contribution in [-0.4, -0.2) is 16.6 Å². The van der Waals surface area contributed by atoms with E-state index in [9.17, 15) is 9.18 Å². The summed E-state index contributed by atoms with van der Waals surface area (Å²) in [7, 11) is 0. The zero-order valence-corrected chi connectivity index (χ0v) is 16.4. The molecule has 0 fully saturated rings. The molecule has 0 aliphatic carbocycles. The highest BCUT2D eigenvalue weighted by atomic mass is 32.2. The van der Waals surface area contributed by atoms with Crippen molar-refractivity contribution in [2.24, 2.45) is 5.92 Å². The van der Waals surface area contributed by atoms with E-state index in [1.54, 1.807) is 35.2 Å². The fourth-order valence-corrected chi connectivity index (χ4v) is 4.59. The van der Waals surface area contributed by atoms with Gasteiger partial charge in [0.15, 0.2) is 0 Å². The van der Waals surface area contributed by atoms with Crippen LogP contribution in [-0.2, 0) is 10.5 Å². The summed E-state index contributed by atoms with van der Waals surface area (Å²) in [5.41, 5.74) is 1.93. The summed E-state index contributed by atoms with van der Waals surface area (Å²) in [6.45, 7) is 4.09. The van der Waals surface area contributed by atoms with Gasteiger partial charge in [0.1, 0.15) is 10.8 Å². The third-order valence-electron chi connectivity index (χ3n) is 4.01. The number of benzene rings is 2. The topological polar surface area (TPSA) is 42.0 Å². The number of fused-ring (bicyclic) bond motifs is 1. The van der Waals surface area contributed by atoms with E-state index in [1.807, 2.05) is 32.0 Å². The fourth-order valence-electron chi connectivity index (χ4n) is 2.73. The Bertz CT molecular complexity index is 844. The number of hydrogen-bond acceptors (Lipinski definition) is 4. The Balaban J connectivity index is 1.54. The standard InChI is InChI=1S/C20H21FN2OS2/c1-13(2)20(14-7-9-15(21)10-8-14)23-18(24)11-25-12-19-22-16-5-3-4-6-17(16)26-19/h3-10,13,20H,11-12H2,1-2H3,(H,23,24). The lowest BCUT2D eigenvalue weighted by atomic mass is 9.96. The Morgan fingerprint density at radius 2 is 1.92 bits per heavy atom. The number of thioether (sulfide) groups is 1. The van der Waals surface area contributed by atoms with Crippen LogP contribution >= 0.6 is 23.1 Å². The number of carbonyl (C=O) groups is 1. The number of carbonyl (C=O) groups excluding carboxylic acids is 1. The molecular weight excluding hydrogens is 367 g/mol. The maximum absolute atomic E-state index is 13.1. The van der Waals surface area contributed by atoms with Gasteiger partial charge >= 0.3 is 0 Å². The van der Waals surface area contributed by atoms with Crippen LogP contribution < -0.4 is 5.32 Å². The third kappa shape index (κ3) is 4.83. The molecule has 0 radical (unpaired) electrons. The van der Waals surface area contributed by atoms with Gasteiger partial charge < -0.3 is 5.32 Å². The average molecular weight is 389 g/mol. The molecule has 1 amide bonds. The summed E-state index contributed by atoms with van der Waals surface area (Å²) in [5, 5.41) is 4.10. The van der Waals surface area contributed by atoms with E-state index in [0.29, 0.717) is 5.75 Å². The van der Waals surface area contributed by atoms with Crippen LogP contribution in [0.2, 0.25) is 0 Å². The molecule has 1 heterocycles. The summed E-state index contributed by atoms with van der Waals surface area (Å²) in [5.74, 6) is 1.03. The normalized spacial score (nSPS) is 12.5. The first-order chi connectivity index (χ1) is 12.5. The van der Waals surface area contributed by atoms with Gasteiger partial charge in [-0.3, -0.25) is 4.79 Å². The molecule has 0 saturated carbocycles. The number of hydrogen-bond donors (Lipinski definition) is 1. The second-order valence-electron chi connectivity index (χ2n) is 6.41. The Kier molecular flexibility index (Phi) is 6.27. The van der Waals surface area contributed by atoms with Crippen molar-refractivity contribution in [3.8, 4) is 0 Å². The van der Waals surface area contributed by atoms with Gasteiger partial charge in [0.25, 0.3) is 0 Å². The van der Waals surface area contributed by atoms with Gasteiger partial charge in [0.2, 0.25) is 5.91 Å². The zero-order valence-electron chi connectivity index (χ0n) is 14.7. The molecule has 3 nitrogen and oxygen atoms in total. The van der Waals surface area contributed by atoms with E-state index < -0.39 is 0 Å². The molecule has 136 valence electrons. The lowest BCUT2D eigenvalue weighted by Crippen LogP contribution is -2.33. The first kappa shape index (κ1) is 18.9. The van der Waals surface area contributed by atoms with Gasteiger partial charge in [-0.15, -0.1) is 23.1 Å². The van der Waals surface area contributed by atoms with Gasteiger partial charge in [0, 0.05) is 5.75 Å². The van der Waals surface area contributed by atoms with Gasteiger partial charge in [-0.25, -0.2) is 9.37 Å². The molecule has 3 rings (SSSR count). The van der Waals surface area contributed by atoms with Crippen molar-refractivity contribution in [2.45, 2.75) is 25.6 Å². The maximum atomic E-state index is 13.1. The quantitative estimate of drug-likeness (QED) is 0.606. The molecule has 0 aliphatic rings. The number of aromatic nitrogens is 1. The van der Waals surface area contributed by atoms with Crippen molar-refractivity contribution in [2.75, 3.05) is 5.75 Å². The highest BCUT2D eigenvalue weighted by Crippen LogP contribution is 2.25. The van der Waals surface area contributed by atoms with Crippen LogP contribution in [0.5, 0.6) is 0 Å². The molecule has 1 N–H and O–H groups in total. The van der Waals surface area contributed by atoms with Crippen LogP contribution in [0.3, 0.4) is 0 Å². The Morgan fingerprint density at radius 1 is 1.19 bits per heavy atom. The minimum atomic E-state index is -0.269. The van der Waals surface area contributed by atoms with E-state index in [-0.39, 0.29) is 23.7 Å². The Morgan fingerprint density at radius 3 is 2.62 bits per heavy atom. The number of nitrogens with one attached hydrogen (secondary N) is 1. The van der Waals surface area contributed by atoms with E-state index in [1.165, 1.54) is 16.8 Å². The van der Waals surface area contributed by atoms with Crippen molar-refractivity contribution in [3.63, 3.8) is 0 Å². The first-order valence-electron chi connectivity index (χ1n) is 8.50. The fraction of sp³-hybridized carbons (Fsp3) is 0.300. The first-order valence-corrected chi connectivity index (χ1v) is 10.5. The number of nitrogens with zero attached hydrogens (tertiary/aromatic N) is 1. The number of para-hydroxylation sites is 1. The minimum Gasteiger partial charge on any atom is -0.348 e. The lowest BCUT2D eigenvalue weighted by molar-refractivity contribution is -0.119. The molecule has 0 aliphatic heterocycles. The highest BCUT2D eigenvalue weighted by molar-refractivity contribution is 7.99. The molecule has 26 heavy (non-hydrogen) atoms. The van der Waals surface area contributed by atoms with Gasteiger partial charge in [0.05, 0.1) is 22.0 Å². The van der Waals surface area contributed by atoms with Gasteiger partial charge in [-0.1, -0.05) is 38.1 Å². The van der Waals surface area contributed by atoms with Crippen molar-refractivity contribution < 1.29 is 9.18 Å². The number of thiazole rings is 1. The number of amides is 1. The lowest BCUT2D eigenvalue weighted by Gasteiger charge is -2.23. The molecule has 1 unspecified atom stereocenters. The summed E-state index contributed by atoms with van der Waals surface area (Å²) in [6.07, 6.45) is 0. The maximum Gasteiger partial charge on any atom is 0.230 e. The summed E-state index contributed by atoms with van der Waals surface area (Å²) < 4.78 is 14.3. The predicted octanol–water partition coefficient (Wildman–Crippen LogP) is 5.18. The largest absolute Gasteiger partial charge is 0.348 e. The predicted molar refractivity (Wildman–Crippen MR) is 108 cm³/mol. The Hall–Kier alpha value is -1.92. The molecule has 0 bridgehead atoms. The molecule has 3 aromatic rings. The molecule has 0 spiro atoms. The number of rotatable bonds is 7. The SMILES string of the molecule is CC(C)C(NC(=O)CSCc1nc2ccccc2s1)c1ccc(F)cc1. The monoisotopic (exact) mass is 388 g/mol.